The van der Waals surface area contributed by atoms with Crippen LogP contribution in [0.15, 0.2) is 36.5 Å². The van der Waals surface area contributed by atoms with E-state index in [0.717, 1.165) is 25.7 Å². The lowest BCUT2D eigenvalue weighted by Gasteiger charge is -2.21. The summed E-state index contributed by atoms with van der Waals surface area (Å²) in [5.74, 6) is -0.00736. The predicted octanol–water partition coefficient (Wildman–Crippen LogP) is 4.25. The van der Waals surface area contributed by atoms with Crippen LogP contribution >= 0.6 is 0 Å². The summed E-state index contributed by atoms with van der Waals surface area (Å²) in [6.45, 7) is 2.17. The zero-order chi connectivity index (χ0) is 18.1. The van der Waals surface area contributed by atoms with Gasteiger partial charge in [-0.1, -0.05) is 62.6 Å². The van der Waals surface area contributed by atoms with E-state index < -0.39 is 5.97 Å². The molecule has 1 unspecified atom stereocenters. The van der Waals surface area contributed by atoms with Crippen LogP contribution in [0.1, 0.15) is 58.3 Å². The molecule has 4 heteroatoms. The molecule has 2 aliphatic heterocycles. The number of unbranched alkanes of at least 4 members (excludes halogenated alkanes) is 3. The summed E-state index contributed by atoms with van der Waals surface area (Å²) in [6, 6.07) is 0. The number of rotatable bonds is 12. The summed E-state index contributed by atoms with van der Waals surface area (Å²) in [6.07, 6.45) is 19.4. The highest BCUT2D eigenvalue weighted by Crippen LogP contribution is 2.42. The Balaban J connectivity index is 1.79. The number of carboxylic acids is 1. The molecule has 2 rings (SSSR count). The highest BCUT2D eigenvalue weighted by atomic mass is 16.5. The molecule has 5 atom stereocenters. The van der Waals surface area contributed by atoms with Crippen LogP contribution in [0.2, 0.25) is 0 Å². The van der Waals surface area contributed by atoms with Gasteiger partial charge in [-0.3, -0.25) is 4.79 Å². The summed E-state index contributed by atoms with van der Waals surface area (Å²) in [5, 5.41) is 18.7. The number of allylic oxidation sites excluding steroid dienone is 2. The zero-order valence-electron chi connectivity index (χ0n) is 15.2. The molecule has 25 heavy (non-hydrogen) atoms. The minimum Gasteiger partial charge on any atom is -0.481 e. The minimum atomic E-state index is -0.734. The Labute approximate surface area is 151 Å². The summed E-state index contributed by atoms with van der Waals surface area (Å²) in [5.41, 5.74) is 0. The largest absolute Gasteiger partial charge is 0.481 e. The van der Waals surface area contributed by atoms with Gasteiger partial charge in [0.15, 0.2) is 0 Å². The molecular weight excluding hydrogens is 316 g/mol. The number of carboxylic acid groups (broad SMARTS) is 1. The fourth-order valence-electron chi connectivity index (χ4n) is 3.66. The van der Waals surface area contributed by atoms with Gasteiger partial charge in [0.1, 0.15) is 0 Å². The number of hydrogen-bond donors (Lipinski definition) is 2. The first-order valence-electron chi connectivity index (χ1n) is 9.68. The Hall–Kier alpha value is -1.39. The molecule has 2 bridgehead atoms. The van der Waals surface area contributed by atoms with Gasteiger partial charge in [-0.15, -0.1) is 0 Å². The molecule has 0 radical (unpaired) electrons. The maximum atomic E-state index is 10.5. The summed E-state index contributed by atoms with van der Waals surface area (Å²) in [7, 11) is 0. The quantitative estimate of drug-likeness (QED) is 0.409. The van der Waals surface area contributed by atoms with E-state index >= 15 is 0 Å². The number of hydrogen-bond acceptors (Lipinski definition) is 3. The first-order valence-corrected chi connectivity index (χ1v) is 9.68. The number of carbonyl (C=O) groups is 1. The highest BCUT2D eigenvalue weighted by Gasteiger charge is 2.43. The lowest BCUT2D eigenvalue weighted by Crippen LogP contribution is -2.22. The van der Waals surface area contributed by atoms with Gasteiger partial charge in [0.25, 0.3) is 0 Å². The topological polar surface area (TPSA) is 66.8 Å². The number of aliphatic carboxylic acids is 1. The van der Waals surface area contributed by atoms with Gasteiger partial charge >= 0.3 is 5.97 Å². The van der Waals surface area contributed by atoms with Gasteiger partial charge in [0.05, 0.1) is 18.3 Å². The van der Waals surface area contributed by atoms with Crippen molar-refractivity contribution in [3.63, 3.8) is 0 Å². The normalized spacial score (nSPS) is 29.2. The van der Waals surface area contributed by atoms with Gasteiger partial charge in [-0.2, -0.15) is 0 Å². The first kappa shape index (κ1) is 19.9. The molecule has 1 fully saturated rings. The second-order valence-electron chi connectivity index (χ2n) is 7.13. The van der Waals surface area contributed by atoms with Crippen molar-refractivity contribution in [2.45, 2.75) is 76.6 Å². The van der Waals surface area contributed by atoms with Crippen molar-refractivity contribution >= 4 is 5.97 Å². The van der Waals surface area contributed by atoms with Gasteiger partial charge < -0.3 is 14.9 Å². The molecular formula is C21H32O4. The molecule has 0 saturated carbocycles. The first-order chi connectivity index (χ1) is 12.1. The van der Waals surface area contributed by atoms with Crippen molar-refractivity contribution in [1.29, 1.82) is 0 Å². The minimum absolute atomic E-state index is 0.134. The van der Waals surface area contributed by atoms with E-state index in [1.807, 2.05) is 6.08 Å². The molecule has 2 N–H and O–H groups in total. The average molecular weight is 348 g/mol. The van der Waals surface area contributed by atoms with Crippen molar-refractivity contribution in [3.8, 4) is 0 Å². The van der Waals surface area contributed by atoms with Crippen molar-refractivity contribution < 1.29 is 19.7 Å². The van der Waals surface area contributed by atoms with Crippen molar-refractivity contribution in [2.24, 2.45) is 11.8 Å². The van der Waals surface area contributed by atoms with E-state index in [-0.39, 0.29) is 24.7 Å². The Morgan fingerprint density at radius 1 is 1.20 bits per heavy atom. The Bertz CT molecular complexity index is 494. The maximum Gasteiger partial charge on any atom is 0.303 e. The lowest BCUT2D eigenvalue weighted by molar-refractivity contribution is -0.137. The van der Waals surface area contributed by atoms with Crippen LogP contribution in [0.3, 0.4) is 0 Å². The van der Waals surface area contributed by atoms with E-state index in [9.17, 15) is 9.90 Å². The molecule has 1 saturated heterocycles. The van der Waals surface area contributed by atoms with E-state index in [1.54, 1.807) is 0 Å². The van der Waals surface area contributed by atoms with Crippen LogP contribution in [0.5, 0.6) is 0 Å². The molecule has 0 aliphatic carbocycles. The standard InChI is InChI=1S/C21H32O4/c1-2-3-6-9-16(22)12-13-18-17(19-14-15-20(18)25-19)10-7-4-5-8-11-21(23)24/h4,7,12-20,22H,2-3,5-6,8-11H2,1H3,(H,23,24)/b7-4-,13-12+/t16?,17-,18+,19+,20-/m1/s1. The molecule has 0 spiro atoms. The monoisotopic (exact) mass is 348 g/mol. The second kappa shape index (κ2) is 10.6. The zero-order valence-corrected chi connectivity index (χ0v) is 15.2. The molecule has 4 nitrogen and oxygen atoms in total. The van der Waals surface area contributed by atoms with Gasteiger partial charge in [-0.25, -0.2) is 0 Å². The molecule has 140 valence electrons. The lowest BCUT2D eigenvalue weighted by atomic mass is 9.80. The fourth-order valence-corrected chi connectivity index (χ4v) is 3.66. The van der Waals surface area contributed by atoms with Crippen LogP contribution in [-0.4, -0.2) is 34.5 Å². The number of fused-ring (bicyclic) bond motifs is 2. The van der Waals surface area contributed by atoms with E-state index in [4.69, 9.17) is 9.84 Å². The van der Waals surface area contributed by atoms with Gasteiger partial charge in [0.2, 0.25) is 0 Å². The maximum absolute atomic E-state index is 10.5. The van der Waals surface area contributed by atoms with Crippen LogP contribution in [0.25, 0.3) is 0 Å². The van der Waals surface area contributed by atoms with E-state index in [2.05, 4.69) is 37.3 Å². The summed E-state index contributed by atoms with van der Waals surface area (Å²) in [4.78, 5) is 10.5. The molecule has 0 aromatic carbocycles. The van der Waals surface area contributed by atoms with E-state index in [0.29, 0.717) is 18.3 Å². The Morgan fingerprint density at radius 2 is 2.00 bits per heavy atom. The van der Waals surface area contributed by atoms with Crippen LogP contribution in [-0.2, 0) is 9.53 Å². The predicted molar refractivity (Wildman–Crippen MR) is 99.3 cm³/mol. The second-order valence-corrected chi connectivity index (χ2v) is 7.13. The third kappa shape index (κ3) is 6.44. The molecule has 2 heterocycles. The average Bonchev–Trinajstić information content (AvgIpc) is 3.17. The molecule has 0 aromatic rings. The molecule has 0 amide bonds. The van der Waals surface area contributed by atoms with E-state index in [1.165, 1.54) is 12.8 Å². The van der Waals surface area contributed by atoms with Crippen LogP contribution in [0, 0.1) is 11.8 Å². The summed E-state index contributed by atoms with van der Waals surface area (Å²) < 4.78 is 5.98. The smallest absolute Gasteiger partial charge is 0.303 e. The van der Waals surface area contributed by atoms with Crippen molar-refractivity contribution in [2.75, 3.05) is 0 Å². The molecule has 2 aliphatic rings. The number of aliphatic hydroxyl groups is 1. The third-order valence-electron chi connectivity index (χ3n) is 5.10. The number of aliphatic hydroxyl groups excluding tert-OH is 1. The van der Waals surface area contributed by atoms with Crippen LogP contribution in [0.4, 0.5) is 0 Å². The Morgan fingerprint density at radius 3 is 2.76 bits per heavy atom. The SMILES string of the molecule is CCCCCC(O)/C=C/[C@H]1[C@@H](C/C=C\CCCC(=O)O)[C@@H]2C=C[C@H]1O2. The highest BCUT2D eigenvalue weighted by molar-refractivity contribution is 5.66. The Kier molecular flexibility index (Phi) is 8.42. The summed E-state index contributed by atoms with van der Waals surface area (Å²) >= 11 is 0. The molecule has 0 aromatic heterocycles. The van der Waals surface area contributed by atoms with Gasteiger partial charge in [-0.05, 0) is 25.7 Å². The van der Waals surface area contributed by atoms with Crippen molar-refractivity contribution in [3.05, 3.63) is 36.5 Å². The number of ether oxygens (including phenoxy) is 1. The third-order valence-corrected chi connectivity index (χ3v) is 5.10. The van der Waals surface area contributed by atoms with Crippen molar-refractivity contribution in [1.82, 2.24) is 0 Å². The van der Waals surface area contributed by atoms with Gasteiger partial charge in [0, 0.05) is 18.3 Å². The van der Waals surface area contributed by atoms with Crippen LogP contribution < -0.4 is 0 Å². The fraction of sp³-hybridized carbons (Fsp3) is 0.667.